The van der Waals surface area contributed by atoms with E-state index in [-0.39, 0.29) is 11.8 Å². The van der Waals surface area contributed by atoms with E-state index in [0.717, 1.165) is 12.8 Å². The molecule has 9 heteroatoms. The van der Waals surface area contributed by atoms with E-state index in [9.17, 15) is 13.2 Å². The van der Waals surface area contributed by atoms with Gasteiger partial charge in [-0.25, -0.2) is 9.50 Å². The fourth-order valence-corrected chi connectivity index (χ4v) is 3.06. The fraction of sp³-hybridized carbons (Fsp3) is 0.333. The van der Waals surface area contributed by atoms with Gasteiger partial charge in [-0.05, 0) is 36.6 Å². The number of benzene rings is 1. The number of nitrogens with zero attached hydrogens (tertiary/aromatic N) is 3. The molecule has 0 saturated carbocycles. The first-order chi connectivity index (χ1) is 13.0. The molecule has 0 unspecified atom stereocenters. The van der Waals surface area contributed by atoms with Gasteiger partial charge in [0.1, 0.15) is 11.6 Å². The molecule has 3 aromatic rings. The van der Waals surface area contributed by atoms with Gasteiger partial charge < -0.3 is 14.8 Å². The van der Waals surface area contributed by atoms with Crippen LogP contribution in [0.25, 0.3) is 16.8 Å². The van der Waals surface area contributed by atoms with E-state index in [1.807, 2.05) is 6.07 Å². The summed E-state index contributed by atoms with van der Waals surface area (Å²) in [6.07, 6.45) is 0.404. The van der Waals surface area contributed by atoms with Gasteiger partial charge in [-0.3, -0.25) is 0 Å². The van der Waals surface area contributed by atoms with Crippen LogP contribution >= 0.6 is 0 Å². The molecular formula is C18H17F3N4O2. The second kappa shape index (κ2) is 7.07. The van der Waals surface area contributed by atoms with E-state index in [4.69, 9.17) is 4.74 Å². The van der Waals surface area contributed by atoms with Crippen LogP contribution in [-0.2, 0) is 4.74 Å². The summed E-state index contributed by atoms with van der Waals surface area (Å²) in [6.45, 7) is 1.42. The zero-order valence-corrected chi connectivity index (χ0v) is 14.2. The van der Waals surface area contributed by atoms with Crippen LogP contribution in [0.1, 0.15) is 12.8 Å². The minimum Gasteiger partial charge on any atom is -0.406 e. The van der Waals surface area contributed by atoms with E-state index in [2.05, 4.69) is 20.1 Å². The van der Waals surface area contributed by atoms with Gasteiger partial charge in [-0.15, -0.1) is 13.2 Å². The summed E-state index contributed by atoms with van der Waals surface area (Å²) in [5, 5.41) is 7.61. The second-order valence-corrected chi connectivity index (χ2v) is 6.25. The highest BCUT2D eigenvalue weighted by atomic mass is 19.4. The normalized spacial score (nSPS) is 15.8. The van der Waals surface area contributed by atoms with E-state index < -0.39 is 6.36 Å². The Kier molecular flexibility index (Phi) is 4.61. The molecule has 142 valence electrons. The summed E-state index contributed by atoms with van der Waals surface area (Å²) in [7, 11) is 0. The third-order valence-corrected chi connectivity index (χ3v) is 4.32. The predicted octanol–water partition coefficient (Wildman–Crippen LogP) is 3.89. The summed E-state index contributed by atoms with van der Waals surface area (Å²) in [6, 6.07) is 7.88. The maximum absolute atomic E-state index is 12.5. The van der Waals surface area contributed by atoms with Crippen molar-refractivity contribution in [3.05, 3.63) is 42.7 Å². The molecule has 0 radical (unpaired) electrons. The third kappa shape index (κ3) is 4.13. The van der Waals surface area contributed by atoms with Crippen LogP contribution in [0.3, 0.4) is 0 Å². The summed E-state index contributed by atoms with van der Waals surface area (Å²) in [5.74, 6) is 0.412. The van der Waals surface area contributed by atoms with Crippen molar-refractivity contribution in [2.24, 2.45) is 0 Å². The number of alkyl halides is 3. The van der Waals surface area contributed by atoms with E-state index in [1.54, 1.807) is 23.0 Å². The van der Waals surface area contributed by atoms with Crippen molar-refractivity contribution in [3.8, 4) is 16.9 Å². The Bertz CT molecular complexity index is 936. The van der Waals surface area contributed by atoms with Crippen LogP contribution in [0, 0.1) is 0 Å². The lowest BCUT2D eigenvalue weighted by Gasteiger charge is -2.23. The average Bonchev–Trinajstić information content (AvgIpc) is 3.05. The average molecular weight is 378 g/mol. The van der Waals surface area contributed by atoms with Crippen molar-refractivity contribution < 1.29 is 22.6 Å². The van der Waals surface area contributed by atoms with Gasteiger partial charge in [0.25, 0.3) is 0 Å². The van der Waals surface area contributed by atoms with Gasteiger partial charge in [0, 0.05) is 31.0 Å². The molecular weight excluding hydrogens is 361 g/mol. The number of anilines is 1. The number of nitrogens with one attached hydrogen (secondary N) is 1. The first kappa shape index (κ1) is 17.6. The molecule has 1 aliphatic heterocycles. The van der Waals surface area contributed by atoms with Gasteiger partial charge in [0.15, 0.2) is 5.65 Å². The van der Waals surface area contributed by atoms with Crippen LogP contribution < -0.4 is 10.1 Å². The van der Waals surface area contributed by atoms with Crippen LogP contribution in [0.5, 0.6) is 5.75 Å². The second-order valence-electron chi connectivity index (χ2n) is 6.25. The molecule has 1 aromatic carbocycles. The molecule has 3 heterocycles. The number of halogens is 3. The van der Waals surface area contributed by atoms with Crippen LogP contribution in [-0.4, -0.2) is 40.2 Å². The lowest BCUT2D eigenvalue weighted by atomic mass is 10.1. The Morgan fingerprint density at radius 3 is 2.78 bits per heavy atom. The lowest BCUT2D eigenvalue weighted by molar-refractivity contribution is -0.274. The van der Waals surface area contributed by atoms with Crippen molar-refractivity contribution >= 4 is 11.5 Å². The molecule has 27 heavy (non-hydrogen) atoms. The Balaban J connectivity index is 1.64. The molecule has 1 fully saturated rings. The first-order valence-corrected chi connectivity index (χ1v) is 8.53. The maximum atomic E-state index is 12.5. The Labute approximate surface area is 152 Å². The van der Waals surface area contributed by atoms with E-state index >= 15 is 0 Å². The Morgan fingerprint density at radius 1 is 1.19 bits per heavy atom. The smallest absolute Gasteiger partial charge is 0.406 e. The topological polar surface area (TPSA) is 60.7 Å². The quantitative estimate of drug-likeness (QED) is 0.747. The van der Waals surface area contributed by atoms with Crippen molar-refractivity contribution in [1.29, 1.82) is 0 Å². The third-order valence-electron chi connectivity index (χ3n) is 4.32. The fourth-order valence-electron chi connectivity index (χ4n) is 3.06. The Morgan fingerprint density at radius 2 is 2.00 bits per heavy atom. The molecule has 0 amide bonds. The largest absolute Gasteiger partial charge is 0.573 e. The Hall–Kier alpha value is -2.81. The summed E-state index contributed by atoms with van der Waals surface area (Å²) in [4.78, 5) is 4.60. The van der Waals surface area contributed by atoms with Gasteiger partial charge in [-0.2, -0.15) is 5.10 Å². The number of hydrogen-bond donors (Lipinski definition) is 1. The molecule has 0 atom stereocenters. The zero-order chi connectivity index (χ0) is 18.9. The molecule has 0 bridgehead atoms. The summed E-state index contributed by atoms with van der Waals surface area (Å²) >= 11 is 0. The standard InChI is InChI=1S/C18H17F3N4O2/c19-18(20,21)27-14-3-1-2-12(10-14)15-11-22-25-7-4-16(24-17(15)25)23-13-5-8-26-9-6-13/h1-4,7,10-11,13H,5-6,8-9H2,(H,23,24). The highest BCUT2D eigenvalue weighted by molar-refractivity contribution is 5.78. The zero-order valence-electron chi connectivity index (χ0n) is 14.2. The number of hydrogen-bond acceptors (Lipinski definition) is 5. The van der Waals surface area contributed by atoms with Crippen molar-refractivity contribution in [2.75, 3.05) is 18.5 Å². The van der Waals surface area contributed by atoms with Gasteiger partial charge >= 0.3 is 6.36 Å². The van der Waals surface area contributed by atoms with Crippen molar-refractivity contribution in [2.45, 2.75) is 25.2 Å². The minimum atomic E-state index is -4.74. The molecule has 1 N–H and O–H groups in total. The van der Waals surface area contributed by atoms with E-state index in [1.165, 1.54) is 18.2 Å². The van der Waals surface area contributed by atoms with Crippen LogP contribution in [0.2, 0.25) is 0 Å². The molecule has 1 aliphatic rings. The van der Waals surface area contributed by atoms with Crippen LogP contribution in [0.4, 0.5) is 19.0 Å². The SMILES string of the molecule is FC(F)(F)Oc1cccc(-c2cnn3ccc(NC4CCOCC4)nc23)c1. The molecule has 1 saturated heterocycles. The van der Waals surface area contributed by atoms with Gasteiger partial charge in [0.2, 0.25) is 0 Å². The molecule has 4 rings (SSSR count). The predicted molar refractivity (Wildman–Crippen MR) is 92.6 cm³/mol. The number of rotatable bonds is 4. The highest BCUT2D eigenvalue weighted by Gasteiger charge is 2.31. The first-order valence-electron chi connectivity index (χ1n) is 8.53. The molecule has 0 aliphatic carbocycles. The van der Waals surface area contributed by atoms with Crippen molar-refractivity contribution in [1.82, 2.24) is 14.6 Å². The maximum Gasteiger partial charge on any atom is 0.573 e. The van der Waals surface area contributed by atoms with Gasteiger partial charge in [0.05, 0.1) is 6.20 Å². The number of aromatic nitrogens is 3. The monoisotopic (exact) mass is 378 g/mol. The molecule has 6 nitrogen and oxygen atoms in total. The molecule has 2 aromatic heterocycles. The van der Waals surface area contributed by atoms with E-state index in [0.29, 0.717) is 35.8 Å². The molecule has 0 spiro atoms. The minimum absolute atomic E-state index is 0.281. The number of fused-ring (bicyclic) bond motifs is 1. The highest BCUT2D eigenvalue weighted by Crippen LogP contribution is 2.30. The lowest BCUT2D eigenvalue weighted by Crippen LogP contribution is -2.28. The van der Waals surface area contributed by atoms with Crippen molar-refractivity contribution in [3.63, 3.8) is 0 Å². The van der Waals surface area contributed by atoms with Crippen LogP contribution in [0.15, 0.2) is 42.7 Å². The summed E-state index contributed by atoms with van der Waals surface area (Å²) in [5.41, 5.74) is 1.72. The summed E-state index contributed by atoms with van der Waals surface area (Å²) < 4.78 is 48.4. The number of ether oxygens (including phenoxy) is 2. The van der Waals surface area contributed by atoms with Gasteiger partial charge in [-0.1, -0.05) is 12.1 Å².